The van der Waals surface area contributed by atoms with Crippen molar-refractivity contribution in [1.29, 1.82) is 0 Å². The number of fused-ring (bicyclic) bond motifs is 1. The first kappa shape index (κ1) is 49.4. The maximum absolute atomic E-state index is 14.3. The molecule has 0 saturated carbocycles. The molecule has 2 aromatic carbocycles. The average molecular weight is 957 g/mol. The summed E-state index contributed by atoms with van der Waals surface area (Å²) in [5, 5.41) is 21.2. The molecular formula is C31H33Cl3F4N7O11PS2. The van der Waals surface area contributed by atoms with Crippen molar-refractivity contribution in [1.82, 2.24) is 29.0 Å². The fourth-order valence-corrected chi connectivity index (χ4v) is 7.56. The molecule has 0 bridgehead atoms. The summed E-state index contributed by atoms with van der Waals surface area (Å²) >= 11 is 19.6. The molecule has 1 atom stereocenters. The van der Waals surface area contributed by atoms with Crippen LogP contribution in [0.2, 0.25) is 10.0 Å². The Hall–Kier alpha value is -4.00. The second kappa shape index (κ2) is 22.0. The topological polar surface area (TPSA) is 250 Å². The molecule has 1 aliphatic heterocycles. The van der Waals surface area contributed by atoms with Gasteiger partial charge in [0.1, 0.15) is 28.4 Å². The molecule has 5 rings (SSSR count). The van der Waals surface area contributed by atoms with Crippen molar-refractivity contribution in [2.24, 2.45) is 4.99 Å². The first-order chi connectivity index (χ1) is 27.5. The molecule has 28 heteroatoms. The molecule has 2 aromatic heterocycles. The normalized spacial score (nSPS) is 13.2. The minimum absolute atomic E-state index is 0.0605. The van der Waals surface area contributed by atoms with Crippen molar-refractivity contribution in [2.75, 3.05) is 25.7 Å². The maximum Gasteiger partial charge on any atom is 0.355 e. The van der Waals surface area contributed by atoms with Crippen LogP contribution in [0.25, 0.3) is 5.69 Å². The van der Waals surface area contributed by atoms with Crippen molar-refractivity contribution >= 4 is 89.1 Å². The molecule has 3 heterocycles. The third-order valence-electron chi connectivity index (χ3n) is 7.46. The zero-order valence-electron chi connectivity index (χ0n) is 30.4. The Kier molecular flexibility index (Phi) is 18.4. The van der Waals surface area contributed by atoms with E-state index in [-0.39, 0.29) is 48.7 Å². The number of methoxy groups -OCH3 is 1. The summed E-state index contributed by atoms with van der Waals surface area (Å²) in [6.45, 7) is -1.09. The fourth-order valence-electron chi connectivity index (χ4n) is 4.78. The molecule has 0 spiro atoms. The monoisotopic (exact) mass is 955 g/mol. The summed E-state index contributed by atoms with van der Waals surface area (Å²) < 4.78 is 72.6. The van der Waals surface area contributed by atoms with E-state index >= 15 is 0 Å². The van der Waals surface area contributed by atoms with Crippen LogP contribution < -0.4 is 20.7 Å². The van der Waals surface area contributed by atoms with Crippen molar-refractivity contribution < 1.29 is 61.2 Å². The minimum atomic E-state index is -4.10. The molecule has 0 aliphatic carbocycles. The van der Waals surface area contributed by atoms with Crippen LogP contribution in [0.1, 0.15) is 30.8 Å². The van der Waals surface area contributed by atoms with Gasteiger partial charge in [-0.15, -0.1) is 28.5 Å². The first-order valence-corrected chi connectivity index (χ1v) is 21.2. The van der Waals surface area contributed by atoms with Crippen LogP contribution in [0.5, 0.6) is 0 Å². The fraction of sp³-hybridized carbons (Fsp3) is 0.387. The minimum Gasteiger partial charge on any atom is -0.480 e. The highest BCUT2D eigenvalue weighted by atomic mass is 35.5. The second-order valence-corrected chi connectivity index (χ2v) is 16.7. The molecule has 4 aromatic rings. The van der Waals surface area contributed by atoms with Crippen LogP contribution in [-0.4, -0.2) is 92.7 Å². The summed E-state index contributed by atoms with van der Waals surface area (Å²) in [5.74, 6) is -4.67. The lowest BCUT2D eigenvalue weighted by Crippen LogP contribution is -2.31. The SMILES string of the molecule is COC(=O)CSc1cc(N=c2sc(=O)n3n2CCCC3)c(F)cc1Cl.Cc1nn(-c2cc(CC(Cl)C(=O)O)c(Cl)cc2F)c(=O)n1C(F)F.O=C(O)CNCP(=O)(O)O. The maximum atomic E-state index is 14.3. The zero-order valence-corrected chi connectivity index (χ0v) is 35.2. The second-order valence-electron chi connectivity index (χ2n) is 11.8. The summed E-state index contributed by atoms with van der Waals surface area (Å²) in [7, 11) is -2.80. The number of aliphatic carboxylic acids is 2. The van der Waals surface area contributed by atoms with Crippen molar-refractivity contribution in [3.8, 4) is 5.69 Å². The average Bonchev–Trinajstić information content (AvgIpc) is 3.63. The number of hydrogen-bond acceptors (Lipinski definition) is 12. The number of rotatable bonds is 13. The number of carbonyl (C=O) groups is 3. The molecule has 0 amide bonds. The highest BCUT2D eigenvalue weighted by Gasteiger charge is 2.23. The van der Waals surface area contributed by atoms with Crippen LogP contribution in [-0.2, 0) is 43.2 Å². The van der Waals surface area contributed by atoms with Crippen LogP contribution in [0.15, 0.2) is 43.7 Å². The van der Waals surface area contributed by atoms with Gasteiger partial charge in [0.15, 0.2) is 5.82 Å². The van der Waals surface area contributed by atoms with E-state index in [0.717, 1.165) is 61.1 Å². The van der Waals surface area contributed by atoms with Crippen molar-refractivity contribution in [2.45, 2.75) is 56.1 Å². The Labute approximate surface area is 352 Å². The number of aromatic nitrogens is 5. The number of carbonyl (C=O) groups excluding carboxylic acids is 1. The Morgan fingerprint density at radius 2 is 1.68 bits per heavy atom. The third kappa shape index (κ3) is 14.3. The highest BCUT2D eigenvalue weighted by Crippen LogP contribution is 2.33. The van der Waals surface area contributed by atoms with Crippen LogP contribution in [0.4, 0.5) is 23.2 Å². The zero-order chi connectivity index (χ0) is 44.4. The van der Waals surface area contributed by atoms with Gasteiger partial charge in [-0.25, -0.2) is 27.8 Å². The van der Waals surface area contributed by atoms with Gasteiger partial charge in [-0.3, -0.25) is 33.7 Å². The van der Waals surface area contributed by atoms with E-state index in [1.165, 1.54) is 13.2 Å². The molecule has 0 saturated heterocycles. The van der Waals surface area contributed by atoms with E-state index in [1.807, 2.05) is 0 Å². The predicted octanol–water partition coefficient (Wildman–Crippen LogP) is 4.36. The number of carboxylic acids is 2. The van der Waals surface area contributed by atoms with Gasteiger partial charge in [-0.1, -0.05) is 23.2 Å². The van der Waals surface area contributed by atoms with Gasteiger partial charge < -0.3 is 24.7 Å². The number of thioether (sulfide) groups is 1. The summed E-state index contributed by atoms with van der Waals surface area (Å²) in [6, 6.07) is 4.53. The van der Waals surface area contributed by atoms with Gasteiger partial charge in [-0.2, -0.15) is 13.5 Å². The Balaban J connectivity index is 0.000000258. The van der Waals surface area contributed by atoms with Gasteiger partial charge in [0.05, 0.1) is 30.7 Å². The number of aryl methyl sites for hydroxylation is 1. The lowest BCUT2D eigenvalue weighted by Gasteiger charge is -2.15. The number of halogens is 7. The van der Waals surface area contributed by atoms with Gasteiger partial charge >= 0.3 is 42.6 Å². The highest BCUT2D eigenvalue weighted by molar-refractivity contribution is 8.00. The lowest BCUT2D eigenvalue weighted by atomic mass is 10.1. The van der Waals surface area contributed by atoms with Crippen LogP contribution >= 0.6 is 65.5 Å². The van der Waals surface area contributed by atoms with E-state index in [0.29, 0.717) is 27.5 Å². The predicted molar refractivity (Wildman–Crippen MR) is 207 cm³/mol. The number of nitrogens with one attached hydrogen (secondary N) is 1. The number of ether oxygens (including phenoxy) is 1. The van der Waals surface area contributed by atoms with Crippen molar-refractivity contribution in [3.05, 3.63) is 82.3 Å². The standard InChI is InChI=1S/C15H15ClFN3O3S2.C13H10Cl2F3N3O3.C3H8NO5P/c1-23-13(21)8-24-12-7-11(10(17)6-9(12)16)18-14-19-4-2-3-5-20(19)15(22)25-14;1-5-19-21(13(24)20(5)12(17)18)10-3-6(2-8(15)11(22)23)7(14)4-9(10)16;5-3(6)1-4-2-10(7,8)9/h6-7H,2-5,8H2,1H3;3-4,8,12H,2H2,1H3,(H,22,23);4H,1-2H2,(H,5,6)(H2,7,8,9). The van der Waals surface area contributed by atoms with Gasteiger partial charge in [0.2, 0.25) is 4.80 Å². The molecule has 0 radical (unpaired) electrons. The van der Waals surface area contributed by atoms with E-state index < -0.39 is 73.3 Å². The number of nitrogens with zero attached hydrogens (tertiary/aromatic N) is 6. The van der Waals surface area contributed by atoms with Crippen LogP contribution in [0.3, 0.4) is 0 Å². The molecule has 324 valence electrons. The smallest absolute Gasteiger partial charge is 0.355 e. The van der Waals surface area contributed by atoms with E-state index in [4.69, 9.17) is 54.8 Å². The van der Waals surface area contributed by atoms with Gasteiger partial charge in [0, 0.05) is 29.4 Å². The summed E-state index contributed by atoms with van der Waals surface area (Å²) in [5.41, 5.74) is -1.46. The summed E-state index contributed by atoms with van der Waals surface area (Å²) in [6.07, 6.45) is 1.04. The quantitative estimate of drug-likeness (QED) is 0.0411. The van der Waals surface area contributed by atoms with E-state index in [1.54, 1.807) is 9.36 Å². The lowest BCUT2D eigenvalue weighted by molar-refractivity contribution is -0.138. The largest absolute Gasteiger partial charge is 0.480 e. The summed E-state index contributed by atoms with van der Waals surface area (Å²) in [4.78, 5) is 77.4. The van der Waals surface area contributed by atoms with Gasteiger partial charge in [-0.05, 0) is 60.9 Å². The molecule has 1 unspecified atom stereocenters. The van der Waals surface area contributed by atoms with Gasteiger partial charge in [0.25, 0.3) is 0 Å². The van der Waals surface area contributed by atoms with E-state index in [9.17, 15) is 46.1 Å². The van der Waals surface area contributed by atoms with Crippen molar-refractivity contribution in [3.63, 3.8) is 0 Å². The Morgan fingerprint density at radius 1 is 1.05 bits per heavy atom. The van der Waals surface area contributed by atoms with Crippen LogP contribution in [0, 0.1) is 18.6 Å². The number of carboxylic acid groups (broad SMARTS) is 2. The van der Waals surface area contributed by atoms with E-state index in [2.05, 4.69) is 20.1 Å². The first-order valence-electron chi connectivity index (χ1n) is 16.4. The molecular weight excluding hydrogens is 924 g/mol. The molecule has 5 N–H and O–H groups in total. The Morgan fingerprint density at radius 3 is 2.24 bits per heavy atom. The Bertz CT molecular complexity index is 2420. The number of alkyl halides is 3. The number of esters is 1. The number of benzene rings is 2. The number of hydrogen-bond donors (Lipinski definition) is 5. The third-order valence-corrected chi connectivity index (χ3v) is 11.1. The molecule has 1 aliphatic rings. The molecule has 0 fully saturated rings. The molecule has 18 nitrogen and oxygen atoms in total. The molecule has 59 heavy (non-hydrogen) atoms.